The average Bonchev–Trinajstić information content (AvgIpc) is 2.55. The van der Waals surface area contributed by atoms with Gasteiger partial charge in [-0.1, -0.05) is 19.1 Å². The highest BCUT2D eigenvalue weighted by Gasteiger charge is 2.24. The Morgan fingerprint density at radius 3 is 2.67 bits per heavy atom. The van der Waals surface area contributed by atoms with Gasteiger partial charge in [0.1, 0.15) is 5.82 Å². The molecule has 0 bridgehead atoms. The van der Waals surface area contributed by atoms with Crippen LogP contribution in [-0.4, -0.2) is 59.5 Å². The molecule has 24 heavy (non-hydrogen) atoms. The molecule has 0 spiro atoms. The van der Waals surface area contributed by atoms with Gasteiger partial charge >= 0.3 is 0 Å². The van der Waals surface area contributed by atoms with Crippen LogP contribution in [0.5, 0.6) is 0 Å². The van der Waals surface area contributed by atoms with Crippen molar-refractivity contribution in [2.24, 2.45) is 0 Å². The quantitative estimate of drug-likeness (QED) is 0.891. The summed E-state index contributed by atoms with van der Waals surface area (Å²) in [6, 6.07) is 6.23. The van der Waals surface area contributed by atoms with E-state index in [0.717, 1.165) is 5.56 Å². The number of aliphatic hydroxyl groups excluding tert-OH is 1. The third kappa shape index (κ3) is 5.03. The molecule has 1 unspecified atom stereocenters. The molecule has 1 aromatic carbocycles. The first-order valence-electron chi connectivity index (χ1n) is 8.32. The van der Waals surface area contributed by atoms with E-state index in [0.29, 0.717) is 25.9 Å². The molecule has 5 nitrogen and oxygen atoms in total. The lowest BCUT2D eigenvalue weighted by molar-refractivity contribution is -0.140. The maximum Gasteiger partial charge on any atom is 0.242 e. The van der Waals surface area contributed by atoms with Crippen molar-refractivity contribution >= 4 is 11.8 Å². The largest absolute Gasteiger partial charge is 0.393 e. The lowest BCUT2D eigenvalue weighted by Gasteiger charge is -2.31. The van der Waals surface area contributed by atoms with Crippen LogP contribution in [0.2, 0.25) is 0 Å². The first-order chi connectivity index (χ1) is 11.4. The van der Waals surface area contributed by atoms with Crippen LogP contribution in [0.15, 0.2) is 24.3 Å². The molecule has 2 rings (SSSR count). The molecule has 6 heteroatoms. The van der Waals surface area contributed by atoms with Gasteiger partial charge in [-0.05, 0) is 36.5 Å². The Morgan fingerprint density at radius 2 is 2.04 bits per heavy atom. The van der Waals surface area contributed by atoms with E-state index >= 15 is 0 Å². The van der Waals surface area contributed by atoms with Crippen molar-refractivity contribution in [3.63, 3.8) is 0 Å². The molecule has 1 aliphatic heterocycles. The van der Waals surface area contributed by atoms with Crippen LogP contribution in [0.3, 0.4) is 0 Å². The lowest BCUT2D eigenvalue weighted by Crippen LogP contribution is -2.45. The molecular formula is C18H25FN2O3. The Bertz CT molecular complexity index is 585. The van der Waals surface area contributed by atoms with Crippen LogP contribution in [0.1, 0.15) is 37.7 Å². The fraction of sp³-hybridized carbons (Fsp3) is 0.556. The number of halogens is 1. The average molecular weight is 336 g/mol. The van der Waals surface area contributed by atoms with Crippen LogP contribution in [0.4, 0.5) is 4.39 Å². The number of hydrogen-bond acceptors (Lipinski definition) is 3. The number of rotatable bonds is 5. The molecule has 1 atom stereocenters. The number of carbonyl (C=O) groups excluding carboxylic acids is 2. The van der Waals surface area contributed by atoms with Crippen LogP contribution < -0.4 is 0 Å². The van der Waals surface area contributed by atoms with Gasteiger partial charge in [0.2, 0.25) is 11.8 Å². The van der Waals surface area contributed by atoms with Gasteiger partial charge in [0.05, 0.1) is 12.6 Å². The summed E-state index contributed by atoms with van der Waals surface area (Å²) in [6.07, 6.45) is 1.06. The smallest absolute Gasteiger partial charge is 0.242 e. The molecule has 1 aliphatic rings. The third-order valence-corrected chi connectivity index (χ3v) is 4.51. The molecule has 1 saturated heterocycles. The fourth-order valence-electron chi connectivity index (χ4n) is 2.86. The molecule has 0 aliphatic carbocycles. The Balaban J connectivity index is 1.84. The second kappa shape index (κ2) is 8.24. The Morgan fingerprint density at radius 1 is 1.38 bits per heavy atom. The van der Waals surface area contributed by atoms with E-state index in [1.54, 1.807) is 24.1 Å². The molecule has 1 aromatic rings. The summed E-state index contributed by atoms with van der Waals surface area (Å²) < 4.78 is 13.3. The van der Waals surface area contributed by atoms with E-state index in [1.807, 2.05) is 6.92 Å². The van der Waals surface area contributed by atoms with Crippen LogP contribution >= 0.6 is 0 Å². The molecule has 2 amide bonds. The third-order valence-electron chi connectivity index (χ3n) is 4.51. The summed E-state index contributed by atoms with van der Waals surface area (Å²) in [4.78, 5) is 27.6. The van der Waals surface area contributed by atoms with E-state index < -0.39 is 0 Å². The normalized spacial score (nSPS) is 16.8. The first kappa shape index (κ1) is 18.4. The van der Waals surface area contributed by atoms with Gasteiger partial charge in [-0.3, -0.25) is 9.59 Å². The molecule has 0 saturated carbocycles. The molecule has 0 radical (unpaired) electrons. The summed E-state index contributed by atoms with van der Waals surface area (Å²) in [5.74, 6) is -0.674. The van der Waals surface area contributed by atoms with Gasteiger partial charge in [-0.15, -0.1) is 0 Å². The maximum atomic E-state index is 13.3. The van der Waals surface area contributed by atoms with Gasteiger partial charge < -0.3 is 14.9 Å². The van der Waals surface area contributed by atoms with E-state index in [4.69, 9.17) is 0 Å². The number of likely N-dealkylation sites (N-methyl/N-ethyl adjacent to an activating group) is 1. The van der Waals surface area contributed by atoms with Crippen LogP contribution in [-0.2, 0) is 9.59 Å². The summed E-state index contributed by atoms with van der Waals surface area (Å²) in [5, 5.41) is 9.48. The lowest BCUT2D eigenvalue weighted by atomic mass is 9.97. The predicted molar refractivity (Wildman–Crippen MR) is 88.9 cm³/mol. The van der Waals surface area contributed by atoms with Crippen molar-refractivity contribution in [1.82, 2.24) is 9.80 Å². The van der Waals surface area contributed by atoms with Gasteiger partial charge in [-0.2, -0.15) is 0 Å². The predicted octanol–water partition coefficient (Wildman–Crippen LogP) is 1.76. The highest BCUT2D eigenvalue weighted by molar-refractivity contribution is 5.85. The minimum Gasteiger partial charge on any atom is -0.393 e. The standard InChI is InChI=1S/C18H25FN2O3/c1-13(14-4-3-5-15(19)11-14)10-17(23)20(2)12-18(24)21-8-6-16(22)7-9-21/h3-5,11,13,16,22H,6-10,12H2,1-2H3. The van der Waals surface area contributed by atoms with Crippen molar-refractivity contribution in [2.45, 2.75) is 38.2 Å². The van der Waals surface area contributed by atoms with E-state index in [2.05, 4.69) is 0 Å². The number of hydrogen-bond donors (Lipinski definition) is 1. The SMILES string of the molecule is CC(CC(=O)N(C)CC(=O)N1CCC(O)CC1)c1cccc(F)c1. The number of benzene rings is 1. The van der Waals surface area contributed by atoms with Crippen molar-refractivity contribution in [3.05, 3.63) is 35.6 Å². The molecule has 132 valence electrons. The zero-order chi connectivity index (χ0) is 17.7. The Kier molecular flexibility index (Phi) is 6.31. The van der Waals surface area contributed by atoms with Crippen molar-refractivity contribution in [2.75, 3.05) is 26.7 Å². The summed E-state index contributed by atoms with van der Waals surface area (Å²) >= 11 is 0. The highest BCUT2D eigenvalue weighted by Crippen LogP contribution is 2.20. The molecule has 1 fully saturated rings. The zero-order valence-electron chi connectivity index (χ0n) is 14.2. The van der Waals surface area contributed by atoms with E-state index in [-0.39, 0.29) is 42.6 Å². The summed E-state index contributed by atoms with van der Waals surface area (Å²) in [5.41, 5.74) is 0.771. The second-order valence-electron chi connectivity index (χ2n) is 6.52. The highest BCUT2D eigenvalue weighted by atomic mass is 19.1. The molecule has 0 aromatic heterocycles. The fourth-order valence-corrected chi connectivity index (χ4v) is 2.86. The first-order valence-corrected chi connectivity index (χ1v) is 8.32. The zero-order valence-corrected chi connectivity index (χ0v) is 14.2. The minimum absolute atomic E-state index is 0.0325. The van der Waals surface area contributed by atoms with Crippen LogP contribution in [0, 0.1) is 5.82 Å². The minimum atomic E-state index is -0.333. The monoisotopic (exact) mass is 336 g/mol. The number of aliphatic hydroxyl groups is 1. The number of piperidine rings is 1. The molecular weight excluding hydrogens is 311 g/mol. The van der Waals surface area contributed by atoms with Gasteiger partial charge in [0.25, 0.3) is 0 Å². The van der Waals surface area contributed by atoms with Crippen LogP contribution in [0.25, 0.3) is 0 Å². The molecule has 1 heterocycles. The van der Waals surface area contributed by atoms with Crippen molar-refractivity contribution in [1.29, 1.82) is 0 Å². The number of likely N-dealkylation sites (tertiary alicyclic amines) is 1. The Labute approximate surface area is 142 Å². The van der Waals surface area contributed by atoms with E-state index in [1.165, 1.54) is 17.0 Å². The second-order valence-corrected chi connectivity index (χ2v) is 6.52. The maximum absolute atomic E-state index is 13.3. The van der Waals surface area contributed by atoms with Gasteiger partial charge in [0.15, 0.2) is 0 Å². The summed E-state index contributed by atoms with van der Waals surface area (Å²) in [7, 11) is 1.61. The molecule has 1 N–H and O–H groups in total. The summed E-state index contributed by atoms with van der Waals surface area (Å²) in [6.45, 7) is 2.96. The van der Waals surface area contributed by atoms with Gasteiger partial charge in [0, 0.05) is 26.6 Å². The van der Waals surface area contributed by atoms with Gasteiger partial charge in [-0.25, -0.2) is 4.39 Å². The van der Waals surface area contributed by atoms with Crippen molar-refractivity contribution in [3.8, 4) is 0 Å². The number of amides is 2. The van der Waals surface area contributed by atoms with E-state index in [9.17, 15) is 19.1 Å². The van der Waals surface area contributed by atoms with Crippen molar-refractivity contribution < 1.29 is 19.1 Å². The Hall–Kier alpha value is -1.95. The number of nitrogens with zero attached hydrogens (tertiary/aromatic N) is 2. The topological polar surface area (TPSA) is 60.9 Å². The number of carbonyl (C=O) groups is 2.